The Morgan fingerprint density at radius 2 is 1.83 bits per heavy atom. The van der Waals surface area contributed by atoms with Crippen LogP contribution < -0.4 is 10.7 Å². The van der Waals surface area contributed by atoms with E-state index in [2.05, 4.69) is 38.4 Å². The van der Waals surface area contributed by atoms with Crippen LogP contribution in [0.25, 0.3) is 0 Å². The summed E-state index contributed by atoms with van der Waals surface area (Å²) >= 11 is 2.08. The summed E-state index contributed by atoms with van der Waals surface area (Å²) in [7, 11) is 0. The largest absolute Gasteiger partial charge is 0.343 e. The molecule has 0 heterocycles. The first-order valence-electron chi connectivity index (χ1n) is 6.97. The van der Waals surface area contributed by atoms with E-state index in [0.29, 0.717) is 5.56 Å². The Hall–Kier alpha value is -2.22. The lowest BCUT2D eigenvalue weighted by Crippen LogP contribution is -2.35. The Balaban J connectivity index is 1.80. The van der Waals surface area contributed by atoms with Crippen molar-refractivity contribution in [2.75, 3.05) is 6.54 Å². The van der Waals surface area contributed by atoms with Gasteiger partial charge in [0, 0.05) is 3.57 Å². The number of nitrogens with zero attached hydrogens (tertiary/aromatic N) is 1. The SMILES string of the molecule is Cc1ccc(/C=N/NC(=O)CNC(=O)c2ccccc2I)cc1. The number of hydrogen-bond acceptors (Lipinski definition) is 3. The van der Waals surface area contributed by atoms with Crippen molar-refractivity contribution in [3.63, 3.8) is 0 Å². The topological polar surface area (TPSA) is 70.6 Å². The first-order chi connectivity index (χ1) is 11.1. The molecule has 0 spiro atoms. The minimum absolute atomic E-state index is 0.130. The van der Waals surface area contributed by atoms with Crippen LogP contribution in [0.2, 0.25) is 0 Å². The Kier molecular flexibility index (Phi) is 6.28. The standard InChI is InChI=1S/C17H16IN3O2/c1-12-6-8-13(9-7-12)10-20-21-16(22)11-19-17(23)14-4-2-3-5-15(14)18/h2-10H,11H2,1H3,(H,19,23)(H,21,22)/b20-10+. The summed E-state index contributed by atoms with van der Waals surface area (Å²) in [6.45, 7) is 1.87. The van der Waals surface area contributed by atoms with Gasteiger partial charge in [-0.15, -0.1) is 0 Å². The summed E-state index contributed by atoms with van der Waals surface area (Å²) in [5.74, 6) is -0.666. The van der Waals surface area contributed by atoms with Gasteiger partial charge < -0.3 is 5.32 Å². The van der Waals surface area contributed by atoms with Crippen molar-refractivity contribution >= 4 is 40.6 Å². The molecule has 0 radical (unpaired) electrons. The van der Waals surface area contributed by atoms with Crippen molar-refractivity contribution in [1.29, 1.82) is 0 Å². The monoisotopic (exact) mass is 421 g/mol. The molecule has 2 aromatic carbocycles. The molecule has 0 bridgehead atoms. The van der Waals surface area contributed by atoms with Crippen molar-refractivity contribution in [3.05, 3.63) is 68.8 Å². The van der Waals surface area contributed by atoms with Crippen molar-refractivity contribution < 1.29 is 9.59 Å². The maximum Gasteiger partial charge on any atom is 0.259 e. The zero-order valence-electron chi connectivity index (χ0n) is 12.5. The maximum atomic E-state index is 12.0. The van der Waals surface area contributed by atoms with Gasteiger partial charge in [0.15, 0.2) is 0 Å². The average Bonchev–Trinajstić information content (AvgIpc) is 2.55. The highest BCUT2D eigenvalue weighted by Gasteiger charge is 2.10. The molecule has 23 heavy (non-hydrogen) atoms. The zero-order valence-corrected chi connectivity index (χ0v) is 14.7. The molecule has 0 saturated heterocycles. The molecule has 2 aromatic rings. The quantitative estimate of drug-likeness (QED) is 0.443. The highest BCUT2D eigenvalue weighted by Crippen LogP contribution is 2.10. The van der Waals surface area contributed by atoms with Gasteiger partial charge in [-0.2, -0.15) is 5.10 Å². The van der Waals surface area contributed by atoms with Gasteiger partial charge >= 0.3 is 0 Å². The number of hydrogen-bond donors (Lipinski definition) is 2. The molecule has 0 saturated carbocycles. The molecular formula is C17H16IN3O2. The number of carbonyl (C=O) groups is 2. The molecule has 5 nitrogen and oxygen atoms in total. The molecule has 2 N–H and O–H groups in total. The molecule has 0 aliphatic rings. The number of aryl methyl sites for hydroxylation is 1. The number of carbonyl (C=O) groups excluding carboxylic acids is 2. The minimum atomic E-state index is -0.382. The van der Waals surface area contributed by atoms with Gasteiger partial charge in [-0.1, -0.05) is 42.0 Å². The van der Waals surface area contributed by atoms with Crippen LogP contribution in [0.4, 0.5) is 0 Å². The van der Waals surface area contributed by atoms with Crippen molar-refractivity contribution in [2.24, 2.45) is 5.10 Å². The van der Waals surface area contributed by atoms with E-state index in [1.807, 2.05) is 43.3 Å². The maximum absolute atomic E-state index is 12.0. The molecule has 0 aliphatic heterocycles. The fourth-order valence-corrected chi connectivity index (χ4v) is 2.40. The first kappa shape index (κ1) is 17.1. The fourth-order valence-electron chi connectivity index (χ4n) is 1.77. The second-order valence-electron chi connectivity index (χ2n) is 4.87. The van der Waals surface area contributed by atoms with Crippen LogP contribution in [-0.4, -0.2) is 24.6 Å². The lowest BCUT2D eigenvalue weighted by Gasteiger charge is -2.05. The van der Waals surface area contributed by atoms with Crippen molar-refractivity contribution in [1.82, 2.24) is 10.7 Å². The van der Waals surface area contributed by atoms with E-state index in [4.69, 9.17) is 0 Å². The third-order valence-corrected chi connectivity index (χ3v) is 3.95. The molecule has 0 fully saturated rings. The predicted octanol–water partition coefficient (Wildman–Crippen LogP) is 2.48. The van der Waals surface area contributed by atoms with Gasteiger partial charge in [-0.3, -0.25) is 9.59 Å². The number of benzene rings is 2. The molecule has 0 aliphatic carbocycles. The summed E-state index contributed by atoms with van der Waals surface area (Å²) in [6, 6.07) is 14.9. The Labute approximate surface area is 148 Å². The predicted molar refractivity (Wildman–Crippen MR) is 98.4 cm³/mol. The fraction of sp³-hybridized carbons (Fsp3) is 0.118. The van der Waals surface area contributed by atoms with Crippen LogP contribution in [0.5, 0.6) is 0 Å². The molecule has 2 rings (SSSR count). The lowest BCUT2D eigenvalue weighted by molar-refractivity contribution is -0.120. The van der Waals surface area contributed by atoms with Gasteiger partial charge in [0.05, 0.1) is 18.3 Å². The lowest BCUT2D eigenvalue weighted by atomic mass is 10.2. The number of halogens is 1. The highest BCUT2D eigenvalue weighted by atomic mass is 127. The normalized spacial score (nSPS) is 10.5. The molecule has 0 unspecified atom stereocenters. The summed E-state index contributed by atoms with van der Waals surface area (Å²) < 4.78 is 0.834. The van der Waals surface area contributed by atoms with Crippen LogP contribution in [0.3, 0.4) is 0 Å². The van der Waals surface area contributed by atoms with Crippen LogP contribution in [0.15, 0.2) is 53.6 Å². The van der Waals surface area contributed by atoms with Gasteiger partial charge in [0.25, 0.3) is 11.8 Å². The smallest absolute Gasteiger partial charge is 0.259 e. The summed E-state index contributed by atoms with van der Waals surface area (Å²) in [5.41, 5.74) is 4.97. The van der Waals surface area contributed by atoms with E-state index < -0.39 is 0 Å². The summed E-state index contributed by atoms with van der Waals surface area (Å²) in [4.78, 5) is 23.6. The van der Waals surface area contributed by atoms with Gasteiger partial charge in [-0.25, -0.2) is 5.43 Å². The van der Waals surface area contributed by atoms with E-state index >= 15 is 0 Å². The molecule has 0 atom stereocenters. The molecule has 0 aromatic heterocycles. The molecular weight excluding hydrogens is 405 g/mol. The zero-order chi connectivity index (χ0) is 16.7. The number of nitrogens with one attached hydrogen (secondary N) is 2. The highest BCUT2D eigenvalue weighted by molar-refractivity contribution is 14.1. The van der Waals surface area contributed by atoms with Crippen molar-refractivity contribution in [3.8, 4) is 0 Å². The molecule has 2 amide bonds. The number of amides is 2. The third-order valence-electron chi connectivity index (χ3n) is 3.01. The van der Waals surface area contributed by atoms with Gasteiger partial charge in [0.2, 0.25) is 0 Å². The summed E-state index contributed by atoms with van der Waals surface area (Å²) in [5, 5.41) is 6.43. The second kappa shape index (κ2) is 8.42. The van der Waals surface area contributed by atoms with E-state index in [1.54, 1.807) is 18.3 Å². The van der Waals surface area contributed by atoms with Crippen LogP contribution in [0, 0.1) is 10.5 Å². The van der Waals surface area contributed by atoms with Gasteiger partial charge in [0.1, 0.15) is 0 Å². The summed E-state index contributed by atoms with van der Waals surface area (Å²) in [6.07, 6.45) is 1.55. The van der Waals surface area contributed by atoms with E-state index in [1.165, 1.54) is 0 Å². The minimum Gasteiger partial charge on any atom is -0.343 e. The average molecular weight is 421 g/mol. The third kappa shape index (κ3) is 5.48. The van der Waals surface area contributed by atoms with Crippen molar-refractivity contribution in [2.45, 2.75) is 6.92 Å². The van der Waals surface area contributed by atoms with Crippen LogP contribution in [0.1, 0.15) is 21.5 Å². The molecule has 6 heteroatoms. The Morgan fingerprint density at radius 3 is 2.52 bits per heavy atom. The van der Waals surface area contributed by atoms with Crippen LogP contribution in [-0.2, 0) is 4.79 Å². The second-order valence-corrected chi connectivity index (χ2v) is 6.03. The van der Waals surface area contributed by atoms with E-state index in [9.17, 15) is 9.59 Å². The van der Waals surface area contributed by atoms with E-state index in [0.717, 1.165) is 14.7 Å². The van der Waals surface area contributed by atoms with Crippen LogP contribution >= 0.6 is 22.6 Å². The van der Waals surface area contributed by atoms with Gasteiger partial charge in [-0.05, 0) is 47.2 Å². The first-order valence-corrected chi connectivity index (χ1v) is 8.05. The molecule has 118 valence electrons. The number of rotatable bonds is 5. The van der Waals surface area contributed by atoms with E-state index in [-0.39, 0.29) is 18.4 Å². The number of hydrazone groups is 1. The Bertz CT molecular complexity index is 727. The Morgan fingerprint density at radius 1 is 1.13 bits per heavy atom.